The third-order valence-corrected chi connectivity index (χ3v) is 4.97. The summed E-state index contributed by atoms with van der Waals surface area (Å²) < 4.78 is 5.77. The molecule has 130 valence electrons. The van der Waals surface area contributed by atoms with Gasteiger partial charge < -0.3 is 14.6 Å². The third-order valence-electron chi connectivity index (χ3n) is 4.97. The second kappa shape index (κ2) is 6.75. The van der Waals surface area contributed by atoms with E-state index in [-0.39, 0.29) is 5.91 Å². The van der Waals surface area contributed by atoms with Gasteiger partial charge >= 0.3 is 0 Å². The summed E-state index contributed by atoms with van der Waals surface area (Å²) in [6.45, 7) is 4.34. The minimum Gasteiger partial charge on any atom is -0.461 e. The first-order valence-corrected chi connectivity index (χ1v) is 8.99. The number of hydrogen-bond acceptors (Lipinski definition) is 4. The predicted octanol–water partition coefficient (Wildman–Crippen LogP) is 4.05. The Morgan fingerprint density at radius 2 is 2.08 bits per heavy atom. The lowest BCUT2D eigenvalue weighted by molar-refractivity contribution is -0.111. The van der Waals surface area contributed by atoms with E-state index >= 15 is 0 Å². The maximum absolute atomic E-state index is 12.1. The molecule has 2 fully saturated rings. The molecule has 2 aromatic heterocycles. The average Bonchev–Trinajstić information content (AvgIpc) is 3.06. The van der Waals surface area contributed by atoms with Gasteiger partial charge in [0.25, 0.3) is 0 Å². The first-order valence-electron chi connectivity index (χ1n) is 8.99. The minimum atomic E-state index is -0.187. The highest BCUT2D eigenvalue weighted by atomic mass is 16.3. The molecule has 25 heavy (non-hydrogen) atoms. The molecule has 0 bridgehead atoms. The van der Waals surface area contributed by atoms with Crippen molar-refractivity contribution >= 4 is 23.5 Å². The topological polar surface area (TPSA) is 58.4 Å². The second-order valence-corrected chi connectivity index (χ2v) is 6.98. The van der Waals surface area contributed by atoms with Gasteiger partial charge in [-0.3, -0.25) is 4.79 Å². The van der Waals surface area contributed by atoms with Crippen LogP contribution in [-0.2, 0) is 4.79 Å². The zero-order valence-electron chi connectivity index (χ0n) is 14.4. The van der Waals surface area contributed by atoms with E-state index in [9.17, 15) is 4.79 Å². The molecule has 2 aliphatic rings. The Hall–Kier alpha value is -2.56. The summed E-state index contributed by atoms with van der Waals surface area (Å²) in [5, 5.41) is 2.83. The van der Waals surface area contributed by atoms with Gasteiger partial charge in [0.1, 0.15) is 17.3 Å². The Balaban J connectivity index is 1.32. The Morgan fingerprint density at radius 3 is 2.76 bits per heavy atom. The summed E-state index contributed by atoms with van der Waals surface area (Å²) in [4.78, 5) is 18.8. The van der Waals surface area contributed by atoms with Crippen molar-refractivity contribution < 1.29 is 9.21 Å². The fraction of sp³-hybridized carbons (Fsp3) is 0.400. The van der Waals surface area contributed by atoms with Crippen LogP contribution in [0.3, 0.4) is 0 Å². The normalized spacial score (nSPS) is 22.5. The lowest BCUT2D eigenvalue weighted by atomic mass is 10.3. The molecule has 1 N–H and O–H groups in total. The highest BCUT2D eigenvalue weighted by Crippen LogP contribution is 2.47. The summed E-state index contributed by atoms with van der Waals surface area (Å²) in [5.41, 5.74) is 0.699. The summed E-state index contributed by atoms with van der Waals surface area (Å²) in [5.74, 6) is 3.79. The Morgan fingerprint density at radius 1 is 1.28 bits per heavy atom. The lowest BCUT2D eigenvalue weighted by Gasteiger charge is -2.16. The zero-order valence-corrected chi connectivity index (χ0v) is 14.4. The van der Waals surface area contributed by atoms with Crippen LogP contribution in [0.5, 0.6) is 0 Å². The van der Waals surface area contributed by atoms with Crippen LogP contribution in [0.15, 0.2) is 41.0 Å². The van der Waals surface area contributed by atoms with Crippen molar-refractivity contribution in [3.8, 4) is 0 Å². The zero-order chi connectivity index (χ0) is 17.2. The fourth-order valence-electron chi connectivity index (χ4n) is 3.31. The number of pyridine rings is 1. The third kappa shape index (κ3) is 3.76. The van der Waals surface area contributed by atoms with Crippen molar-refractivity contribution in [3.63, 3.8) is 0 Å². The smallest absolute Gasteiger partial charge is 0.248 e. The van der Waals surface area contributed by atoms with Crippen molar-refractivity contribution in [1.29, 1.82) is 0 Å². The number of furan rings is 1. The van der Waals surface area contributed by atoms with Crippen molar-refractivity contribution in [1.82, 2.24) is 4.98 Å². The molecule has 1 saturated heterocycles. The van der Waals surface area contributed by atoms with Gasteiger partial charge in [-0.25, -0.2) is 4.98 Å². The number of anilines is 2. The van der Waals surface area contributed by atoms with E-state index in [4.69, 9.17) is 4.42 Å². The molecule has 4 rings (SSSR count). The number of nitrogens with one attached hydrogen (secondary N) is 1. The van der Waals surface area contributed by atoms with E-state index in [1.807, 2.05) is 24.3 Å². The molecule has 0 aromatic carbocycles. The van der Waals surface area contributed by atoms with E-state index in [0.29, 0.717) is 23.3 Å². The van der Waals surface area contributed by atoms with Gasteiger partial charge in [0.15, 0.2) is 0 Å². The summed E-state index contributed by atoms with van der Waals surface area (Å²) in [6.07, 6.45) is 8.54. The number of amides is 1. The van der Waals surface area contributed by atoms with Crippen LogP contribution in [0.25, 0.3) is 6.08 Å². The van der Waals surface area contributed by atoms with Gasteiger partial charge in [-0.15, -0.1) is 0 Å². The number of rotatable bonds is 5. The van der Waals surface area contributed by atoms with Crippen molar-refractivity contribution in [2.45, 2.75) is 32.1 Å². The molecule has 0 unspecified atom stereocenters. The molecule has 2 atom stereocenters. The standard InChI is InChI=1S/C20H23N3O2/c1-14-12-17(14)18-7-5-16(25-18)6-9-20(24)22-15-4-8-19(21-13-15)23-10-2-3-11-23/h4-9,13-14,17H,2-3,10-12H2,1H3,(H,22,24)/b9-6-/t14-,17-/m1/s1. The molecular formula is C20H23N3O2. The Labute approximate surface area is 147 Å². The van der Waals surface area contributed by atoms with E-state index in [2.05, 4.69) is 22.1 Å². The first-order chi connectivity index (χ1) is 12.2. The highest BCUT2D eigenvalue weighted by molar-refractivity contribution is 6.01. The van der Waals surface area contributed by atoms with Gasteiger partial charge in [0.2, 0.25) is 5.91 Å². The van der Waals surface area contributed by atoms with Crippen LogP contribution in [0, 0.1) is 5.92 Å². The summed E-state index contributed by atoms with van der Waals surface area (Å²) >= 11 is 0. The van der Waals surface area contributed by atoms with Gasteiger partial charge in [0, 0.05) is 25.1 Å². The van der Waals surface area contributed by atoms with Crippen LogP contribution >= 0.6 is 0 Å². The van der Waals surface area contributed by atoms with E-state index < -0.39 is 0 Å². The van der Waals surface area contributed by atoms with Crippen molar-refractivity contribution in [3.05, 3.63) is 48.1 Å². The molecule has 1 amide bonds. The molecule has 0 radical (unpaired) electrons. The predicted molar refractivity (Wildman–Crippen MR) is 98.6 cm³/mol. The largest absolute Gasteiger partial charge is 0.461 e. The molecule has 3 heterocycles. The molecule has 0 spiro atoms. The van der Waals surface area contributed by atoms with Crippen LogP contribution in [0.1, 0.15) is 43.6 Å². The fourth-order valence-corrected chi connectivity index (χ4v) is 3.31. The van der Waals surface area contributed by atoms with E-state index in [1.165, 1.54) is 25.3 Å². The van der Waals surface area contributed by atoms with Gasteiger partial charge in [-0.05, 0) is 55.5 Å². The number of carbonyl (C=O) groups is 1. The number of carbonyl (C=O) groups excluding carboxylic acids is 1. The molecule has 5 nitrogen and oxygen atoms in total. The molecule has 1 aliphatic carbocycles. The van der Waals surface area contributed by atoms with Crippen molar-refractivity contribution in [2.75, 3.05) is 23.3 Å². The number of aromatic nitrogens is 1. The quantitative estimate of drug-likeness (QED) is 0.836. The van der Waals surface area contributed by atoms with Crippen LogP contribution in [-0.4, -0.2) is 24.0 Å². The number of hydrogen-bond donors (Lipinski definition) is 1. The molecule has 1 saturated carbocycles. The van der Waals surface area contributed by atoms with E-state index in [0.717, 1.165) is 24.7 Å². The molecule has 5 heteroatoms. The van der Waals surface area contributed by atoms with Crippen LogP contribution < -0.4 is 10.2 Å². The van der Waals surface area contributed by atoms with Gasteiger partial charge in [-0.2, -0.15) is 0 Å². The van der Waals surface area contributed by atoms with Gasteiger partial charge in [-0.1, -0.05) is 6.92 Å². The monoisotopic (exact) mass is 337 g/mol. The number of nitrogens with zero attached hydrogens (tertiary/aromatic N) is 2. The Kier molecular flexibility index (Phi) is 4.30. The molecular weight excluding hydrogens is 314 g/mol. The molecule has 1 aliphatic heterocycles. The van der Waals surface area contributed by atoms with Gasteiger partial charge in [0.05, 0.1) is 11.9 Å². The summed E-state index contributed by atoms with van der Waals surface area (Å²) in [7, 11) is 0. The Bertz CT molecular complexity index is 772. The second-order valence-electron chi connectivity index (χ2n) is 6.98. The summed E-state index contributed by atoms with van der Waals surface area (Å²) in [6, 6.07) is 7.77. The first kappa shape index (κ1) is 15.9. The van der Waals surface area contributed by atoms with E-state index in [1.54, 1.807) is 12.3 Å². The lowest BCUT2D eigenvalue weighted by Crippen LogP contribution is -2.18. The van der Waals surface area contributed by atoms with Crippen molar-refractivity contribution in [2.24, 2.45) is 5.92 Å². The average molecular weight is 337 g/mol. The highest BCUT2D eigenvalue weighted by Gasteiger charge is 2.36. The SMILES string of the molecule is C[C@@H]1C[C@H]1c1ccc(/C=C\C(=O)Nc2ccc(N3CCCC3)nc2)o1. The maximum atomic E-state index is 12.1. The molecule has 2 aromatic rings. The minimum absolute atomic E-state index is 0.187. The maximum Gasteiger partial charge on any atom is 0.248 e. The van der Waals surface area contributed by atoms with Crippen LogP contribution in [0.2, 0.25) is 0 Å². The van der Waals surface area contributed by atoms with Crippen LogP contribution in [0.4, 0.5) is 11.5 Å².